The van der Waals surface area contributed by atoms with Gasteiger partial charge in [0, 0.05) is 12.1 Å². The Morgan fingerprint density at radius 3 is 2.70 bits per heavy atom. The molecule has 0 radical (unpaired) electrons. The number of carboxylic acid groups (broad SMARTS) is 1. The highest BCUT2D eigenvalue weighted by Gasteiger charge is 2.35. The number of likely N-dealkylation sites (tertiary alicyclic amines) is 1. The molecular weight excluding hydrogens is 258 g/mol. The summed E-state index contributed by atoms with van der Waals surface area (Å²) in [6, 6.07) is 3.14. The second kappa shape index (κ2) is 5.48. The molecule has 0 unspecified atom stereocenters. The number of pyridine rings is 1. The number of nitrogens with one attached hydrogen (secondary N) is 1. The summed E-state index contributed by atoms with van der Waals surface area (Å²) < 4.78 is 0. The molecule has 108 valence electrons. The Morgan fingerprint density at radius 1 is 1.45 bits per heavy atom. The third kappa shape index (κ3) is 3.26. The van der Waals surface area contributed by atoms with Crippen LogP contribution in [0.3, 0.4) is 0 Å². The van der Waals surface area contributed by atoms with Gasteiger partial charge in [0.15, 0.2) is 0 Å². The first kappa shape index (κ1) is 14.3. The molecule has 0 aromatic carbocycles. The van der Waals surface area contributed by atoms with Gasteiger partial charge >= 0.3 is 12.0 Å². The topological polar surface area (TPSA) is 82.5 Å². The van der Waals surface area contributed by atoms with Crippen LogP contribution in [0.25, 0.3) is 0 Å². The minimum absolute atomic E-state index is 0.118. The molecule has 2 N–H and O–H groups in total. The molecule has 2 heterocycles. The maximum absolute atomic E-state index is 12.2. The van der Waals surface area contributed by atoms with E-state index in [1.165, 1.54) is 6.20 Å². The summed E-state index contributed by atoms with van der Waals surface area (Å²) >= 11 is 0. The number of hydrogen-bond acceptors (Lipinski definition) is 3. The molecule has 2 rings (SSSR count). The van der Waals surface area contributed by atoms with E-state index in [0.717, 1.165) is 19.4 Å². The number of carboxylic acids is 1. The van der Waals surface area contributed by atoms with Crippen LogP contribution >= 0.6 is 0 Å². The number of hydrogen-bond donors (Lipinski definition) is 2. The molecule has 1 fully saturated rings. The Labute approximate surface area is 117 Å². The lowest BCUT2D eigenvalue weighted by atomic mass is 10.0. The molecule has 0 aliphatic carbocycles. The second-order valence-corrected chi connectivity index (χ2v) is 5.61. The lowest BCUT2D eigenvalue weighted by molar-refractivity contribution is -0.136. The van der Waals surface area contributed by atoms with Gasteiger partial charge < -0.3 is 15.3 Å². The molecule has 2 amide bonds. The fourth-order valence-electron chi connectivity index (χ4n) is 2.43. The maximum atomic E-state index is 12.2. The van der Waals surface area contributed by atoms with Gasteiger partial charge in [0.2, 0.25) is 0 Å². The number of aromatic nitrogens is 1. The van der Waals surface area contributed by atoms with E-state index < -0.39 is 5.97 Å². The van der Waals surface area contributed by atoms with Crippen molar-refractivity contribution in [2.75, 3.05) is 11.9 Å². The van der Waals surface area contributed by atoms with Crippen molar-refractivity contribution < 1.29 is 14.7 Å². The molecule has 1 saturated heterocycles. The van der Waals surface area contributed by atoms with Crippen LogP contribution < -0.4 is 5.32 Å². The van der Waals surface area contributed by atoms with Crippen molar-refractivity contribution in [2.45, 2.75) is 38.6 Å². The summed E-state index contributed by atoms with van der Waals surface area (Å²) in [5.74, 6) is -0.923. The maximum Gasteiger partial charge on any atom is 0.322 e. The van der Waals surface area contributed by atoms with E-state index >= 15 is 0 Å². The van der Waals surface area contributed by atoms with Crippen molar-refractivity contribution in [3.05, 3.63) is 24.0 Å². The summed E-state index contributed by atoms with van der Waals surface area (Å²) in [7, 11) is 0. The van der Waals surface area contributed by atoms with Crippen LogP contribution in [0, 0.1) is 0 Å². The first-order valence-electron chi connectivity index (χ1n) is 6.64. The van der Waals surface area contributed by atoms with Crippen LogP contribution in [-0.2, 0) is 11.2 Å². The highest BCUT2D eigenvalue weighted by atomic mass is 16.4. The molecule has 0 bridgehead atoms. The SMILES string of the molecule is CC1(C)CCCN1C(=O)Nc1ccc(CC(=O)O)nc1. The van der Waals surface area contributed by atoms with Gasteiger partial charge in [0.05, 0.1) is 24.0 Å². The van der Waals surface area contributed by atoms with Crippen LogP contribution in [0.5, 0.6) is 0 Å². The van der Waals surface area contributed by atoms with Crippen LogP contribution in [0.15, 0.2) is 18.3 Å². The van der Waals surface area contributed by atoms with Crippen molar-refractivity contribution in [1.82, 2.24) is 9.88 Å². The third-order valence-electron chi connectivity index (χ3n) is 3.55. The highest BCUT2D eigenvalue weighted by Crippen LogP contribution is 2.28. The zero-order valence-corrected chi connectivity index (χ0v) is 11.7. The van der Waals surface area contributed by atoms with E-state index in [0.29, 0.717) is 11.4 Å². The van der Waals surface area contributed by atoms with Gasteiger partial charge in [-0.05, 0) is 38.8 Å². The van der Waals surface area contributed by atoms with Gasteiger partial charge in [-0.1, -0.05) is 0 Å². The monoisotopic (exact) mass is 277 g/mol. The third-order valence-corrected chi connectivity index (χ3v) is 3.55. The van der Waals surface area contributed by atoms with Gasteiger partial charge in [-0.25, -0.2) is 4.79 Å². The van der Waals surface area contributed by atoms with E-state index in [1.54, 1.807) is 12.1 Å². The number of urea groups is 1. The van der Waals surface area contributed by atoms with Gasteiger partial charge in [0.1, 0.15) is 0 Å². The van der Waals surface area contributed by atoms with Crippen LogP contribution in [0.4, 0.5) is 10.5 Å². The fourth-order valence-corrected chi connectivity index (χ4v) is 2.43. The smallest absolute Gasteiger partial charge is 0.322 e. The predicted octanol–water partition coefficient (Wildman–Crippen LogP) is 2.12. The lowest BCUT2D eigenvalue weighted by Gasteiger charge is -2.31. The molecule has 6 heteroatoms. The summed E-state index contributed by atoms with van der Waals surface area (Å²) in [5, 5.41) is 11.5. The van der Waals surface area contributed by atoms with Crippen molar-refractivity contribution in [1.29, 1.82) is 0 Å². The summed E-state index contributed by atoms with van der Waals surface area (Å²) in [6.45, 7) is 4.85. The minimum atomic E-state index is -0.923. The standard InChI is InChI=1S/C14H19N3O3/c1-14(2)6-3-7-17(14)13(20)16-11-5-4-10(15-9-11)8-12(18)19/h4-5,9H,3,6-8H2,1-2H3,(H,16,20)(H,18,19). The Bertz CT molecular complexity index is 511. The molecule has 6 nitrogen and oxygen atoms in total. The van der Waals surface area contributed by atoms with Gasteiger partial charge in [-0.2, -0.15) is 0 Å². The largest absolute Gasteiger partial charge is 0.481 e. The minimum Gasteiger partial charge on any atom is -0.481 e. The lowest BCUT2D eigenvalue weighted by Crippen LogP contribution is -2.44. The second-order valence-electron chi connectivity index (χ2n) is 5.61. The molecule has 20 heavy (non-hydrogen) atoms. The first-order chi connectivity index (χ1) is 9.38. The normalized spacial score (nSPS) is 17.0. The number of aliphatic carboxylic acids is 1. The molecule has 0 spiro atoms. The Hall–Kier alpha value is -2.11. The first-order valence-corrected chi connectivity index (χ1v) is 6.64. The molecule has 0 saturated carbocycles. The quantitative estimate of drug-likeness (QED) is 0.886. The van der Waals surface area contributed by atoms with Crippen molar-refractivity contribution >= 4 is 17.7 Å². The molecule has 0 atom stereocenters. The van der Waals surface area contributed by atoms with E-state index in [1.807, 2.05) is 18.7 Å². The van der Waals surface area contributed by atoms with Crippen molar-refractivity contribution in [3.8, 4) is 0 Å². The van der Waals surface area contributed by atoms with Crippen LogP contribution in [0.1, 0.15) is 32.4 Å². The highest BCUT2D eigenvalue weighted by molar-refractivity contribution is 5.89. The van der Waals surface area contributed by atoms with E-state index in [4.69, 9.17) is 5.11 Å². The number of carbonyl (C=O) groups excluding carboxylic acids is 1. The summed E-state index contributed by atoms with van der Waals surface area (Å²) in [5.41, 5.74) is 0.921. The molecule has 1 aromatic heterocycles. The Balaban J connectivity index is 1.99. The van der Waals surface area contributed by atoms with E-state index in [2.05, 4.69) is 10.3 Å². The number of nitrogens with zero attached hydrogens (tertiary/aromatic N) is 2. The summed E-state index contributed by atoms with van der Waals surface area (Å²) in [4.78, 5) is 28.6. The average molecular weight is 277 g/mol. The summed E-state index contributed by atoms with van der Waals surface area (Å²) in [6.07, 6.45) is 3.37. The molecule has 1 aliphatic rings. The van der Waals surface area contributed by atoms with Gasteiger partial charge in [-0.3, -0.25) is 9.78 Å². The van der Waals surface area contributed by atoms with Crippen molar-refractivity contribution in [3.63, 3.8) is 0 Å². The van der Waals surface area contributed by atoms with Crippen LogP contribution in [0.2, 0.25) is 0 Å². The van der Waals surface area contributed by atoms with Gasteiger partial charge in [-0.15, -0.1) is 0 Å². The van der Waals surface area contributed by atoms with E-state index in [-0.39, 0.29) is 18.0 Å². The average Bonchev–Trinajstić information content (AvgIpc) is 2.71. The van der Waals surface area contributed by atoms with Crippen molar-refractivity contribution in [2.24, 2.45) is 0 Å². The number of rotatable bonds is 3. The van der Waals surface area contributed by atoms with E-state index in [9.17, 15) is 9.59 Å². The predicted molar refractivity (Wildman–Crippen MR) is 74.6 cm³/mol. The number of carbonyl (C=O) groups is 2. The molecular formula is C14H19N3O3. The zero-order chi connectivity index (χ0) is 14.8. The van der Waals surface area contributed by atoms with Crippen LogP contribution in [-0.4, -0.2) is 39.1 Å². The number of amides is 2. The molecule has 1 aliphatic heterocycles. The fraction of sp³-hybridized carbons (Fsp3) is 0.500. The van der Waals surface area contributed by atoms with Gasteiger partial charge in [0.25, 0.3) is 0 Å². The Morgan fingerprint density at radius 2 is 2.20 bits per heavy atom. The zero-order valence-electron chi connectivity index (χ0n) is 11.7. The molecule has 1 aromatic rings. The number of anilines is 1. The Kier molecular flexibility index (Phi) is 3.92.